The summed E-state index contributed by atoms with van der Waals surface area (Å²) in [4.78, 5) is 0. The van der Waals surface area contributed by atoms with E-state index in [9.17, 15) is 4.39 Å². The average molecular weight is 143 g/mol. The highest BCUT2D eigenvalue weighted by Gasteiger charge is 2.41. The standard InChI is InChI=1S/C8H14FN/c9-8-5-1-2-6(8)4-7(10)3-5/h5-8H,1-4,10H2/t5-,6-,7?,8?/m0/s1. The van der Waals surface area contributed by atoms with Crippen LogP contribution in [0.1, 0.15) is 25.7 Å². The predicted molar refractivity (Wildman–Crippen MR) is 38.3 cm³/mol. The third-order valence-electron chi connectivity index (χ3n) is 3.02. The lowest BCUT2D eigenvalue weighted by Crippen LogP contribution is -2.35. The summed E-state index contributed by atoms with van der Waals surface area (Å²) in [7, 11) is 0. The number of fused-ring (bicyclic) bond motifs is 2. The van der Waals surface area contributed by atoms with Gasteiger partial charge in [0.2, 0.25) is 0 Å². The van der Waals surface area contributed by atoms with Crippen molar-refractivity contribution in [3.63, 3.8) is 0 Å². The Morgan fingerprint density at radius 3 is 2.10 bits per heavy atom. The first-order valence-electron chi connectivity index (χ1n) is 4.17. The van der Waals surface area contributed by atoms with Gasteiger partial charge in [-0.25, -0.2) is 4.39 Å². The van der Waals surface area contributed by atoms with Crippen LogP contribution in [0.25, 0.3) is 0 Å². The molecule has 2 saturated carbocycles. The molecule has 58 valence electrons. The fourth-order valence-electron chi connectivity index (χ4n) is 2.50. The third kappa shape index (κ3) is 0.858. The number of alkyl halides is 1. The smallest absolute Gasteiger partial charge is 0.106 e. The zero-order valence-corrected chi connectivity index (χ0v) is 6.09. The second kappa shape index (κ2) is 2.19. The molecule has 0 heterocycles. The van der Waals surface area contributed by atoms with Crippen LogP contribution < -0.4 is 5.73 Å². The van der Waals surface area contributed by atoms with Crippen LogP contribution in [0.2, 0.25) is 0 Å². The van der Waals surface area contributed by atoms with Gasteiger partial charge in [-0.3, -0.25) is 0 Å². The second-order valence-electron chi connectivity index (χ2n) is 3.77. The van der Waals surface area contributed by atoms with E-state index in [-0.39, 0.29) is 0 Å². The van der Waals surface area contributed by atoms with Crippen LogP contribution in [0.3, 0.4) is 0 Å². The normalized spacial score (nSPS) is 53.4. The number of nitrogens with two attached hydrogens (primary N) is 1. The molecule has 2 aliphatic carbocycles. The molecule has 10 heavy (non-hydrogen) atoms. The van der Waals surface area contributed by atoms with Crippen molar-refractivity contribution in [2.24, 2.45) is 17.6 Å². The fraction of sp³-hybridized carbons (Fsp3) is 1.00. The summed E-state index contributed by atoms with van der Waals surface area (Å²) in [6.07, 6.45) is 3.51. The Morgan fingerprint density at radius 1 is 1.10 bits per heavy atom. The summed E-state index contributed by atoms with van der Waals surface area (Å²) in [5, 5.41) is 0. The van der Waals surface area contributed by atoms with Gasteiger partial charge in [-0.15, -0.1) is 0 Å². The number of hydrogen-bond acceptors (Lipinski definition) is 1. The Bertz CT molecular complexity index is 123. The van der Waals surface area contributed by atoms with Crippen molar-refractivity contribution in [3.05, 3.63) is 0 Å². The lowest BCUT2D eigenvalue weighted by molar-refractivity contribution is 0.143. The van der Waals surface area contributed by atoms with Crippen LogP contribution in [0.5, 0.6) is 0 Å². The van der Waals surface area contributed by atoms with Crippen LogP contribution in [0.4, 0.5) is 4.39 Å². The molecule has 2 bridgehead atoms. The lowest BCUT2D eigenvalue weighted by Gasteiger charge is -2.27. The second-order valence-corrected chi connectivity index (χ2v) is 3.77. The highest BCUT2D eigenvalue weighted by atomic mass is 19.1. The fourth-order valence-corrected chi connectivity index (χ4v) is 2.50. The molecule has 0 aliphatic heterocycles. The van der Waals surface area contributed by atoms with E-state index in [4.69, 9.17) is 5.73 Å². The van der Waals surface area contributed by atoms with Crippen molar-refractivity contribution in [1.29, 1.82) is 0 Å². The molecule has 0 aromatic rings. The minimum absolute atomic E-state index is 0.296. The summed E-state index contributed by atoms with van der Waals surface area (Å²) in [5.74, 6) is 0.627. The van der Waals surface area contributed by atoms with Crippen LogP contribution in [-0.4, -0.2) is 12.2 Å². The van der Waals surface area contributed by atoms with Crippen molar-refractivity contribution in [1.82, 2.24) is 0 Å². The summed E-state index contributed by atoms with van der Waals surface area (Å²) in [6.45, 7) is 0. The third-order valence-corrected chi connectivity index (χ3v) is 3.02. The van der Waals surface area contributed by atoms with E-state index < -0.39 is 6.17 Å². The molecule has 2 N–H and O–H groups in total. The molecule has 2 fully saturated rings. The van der Waals surface area contributed by atoms with Crippen LogP contribution >= 0.6 is 0 Å². The molecule has 0 aromatic heterocycles. The Balaban J connectivity index is 2.09. The van der Waals surface area contributed by atoms with Gasteiger partial charge in [0.1, 0.15) is 6.17 Å². The molecule has 0 amide bonds. The monoisotopic (exact) mass is 143 g/mol. The quantitative estimate of drug-likeness (QED) is 0.546. The predicted octanol–water partition coefficient (Wildman–Crippen LogP) is 1.47. The van der Waals surface area contributed by atoms with Crippen molar-refractivity contribution < 1.29 is 4.39 Å². The zero-order valence-electron chi connectivity index (χ0n) is 6.09. The van der Waals surface area contributed by atoms with Crippen LogP contribution in [-0.2, 0) is 0 Å². The van der Waals surface area contributed by atoms with Gasteiger partial charge >= 0.3 is 0 Å². The van der Waals surface area contributed by atoms with E-state index in [1.807, 2.05) is 0 Å². The maximum atomic E-state index is 13.2. The summed E-state index contributed by atoms with van der Waals surface area (Å²) in [6, 6.07) is 0.296. The number of rotatable bonds is 0. The molecule has 0 saturated heterocycles. The maximum Gasteiger partial charge on any atom is 0.106 e. The van der Waals surface area contributed by atoms with Gasteiger partial charge in [0.05, 0.1) is 0 Å². The molecule has 2 rings (SSSR count). The minimum Gasteiger partial charge on any atom is -0.328 e. The first kappa shape index (κ1) is 6.59. The van der Waals surface area contributed by atoms with E-state index in [0.717, 1.165) is 25.7 Å². The highest BCUT2D eigenvalue weighted by molar-refractivity contribution is 4.93. The van der Waals surface area contributed by atoms with E-state index in [1.165, 1.54) is 0 Å². The van der Waals surface area contributed by atoms with Gasteiger partial charge < -0.3 is 5.73 Å². The molecule has 0 spiro atoms. The topological polar surface area (TPSA) is 26.0 Å². The van der Waals surface area contributed by atoms with Crippen molar-refractivity contribution >= 4 is 0 Å². The SMILES string of the molecule is NC1C[C@@H]2CC[C@@H](C1)C2F. The van der Waals surface area contributed by atoms with Gasteiger partial charge in [-0.2, -0.15) is 0 Å². The van der Waals surface area contributed by atoms with Crippen molar-refractivity contribution in [2.45, 2.75) is 37.9 Å². The summed E-state index contributed by atoms with van der Waals surface area (Å²) < 4.78 is 13.2. The number of halogens is 1. The zero-order chi connectivity index (χ0) is 7.14. The summed E-state index contributed by atoms with van der Waals surface area (Å²) >= 11 is 0. The average Bonchev–Trinajstić information content (AvgIpc) is 2.20. The number of hydrogen-bond donors (Lipinski definition) is 1. The molecule has 0 aromatic carbocycles. The minimum atomic E-state index is -0.514. The Labute approximate surface area is 60.8 Å². The van der Waals surface area contributed by atoms with E-state index in [1.54, 1.807) is 0 Å². The molecule has 2 heteroatoms. The largest absolute Gasteiger partial charge is 0.328 e. The molecule has 2 atom stereocenters. The Morgan fingerprint density at radius 2 is 1.60 bits per heavy atom. The summed E-state index contributed by atoms with van der Waals surface area (Å²) in [5.41, 5.74) is 5.75. The molecule has 1 nitrogen and oxygen atoms in total. The van der Waals surface area contributed by atoms with Gasteiger partial charge in [0, 0.05) is 6.04 Å². The van der Waals surface area contributed by atoms with Gasteiger partial charge in [0.25, 0.3) is 0 Å². The van der Waals surface area contributed by atoms with Crippen LogP contribution in [0, 0.1) is 11.8 Å². The van der Waals surface area contributed by atoms with Crippen LogP contribution in [0.15, 0.2) is 0 Å². The van der Waals surface area contributed by atoms with E-state index in [0.29, 0.717) is 17.9 Å². The first-order chi connectivity index (χ1) is 4.77. The Kier molecular flexibility index (Phi) is 1.44. The molecule has 2 aliphatic rings. The van der Waals surface area contributed by atoms with Gasteiger partial charge in [0.15, 0.2) is 0 Å². The first-order valence-corrected chi connectivity index (χ1v) is 4.17. The van der Waals surface area contributed by atoms with Crippen molar-refractivity contribution in [3.8, 4) is 0 Å². The molecule has 0 radical (unpaired) electrons. The molecular weight excluding hydrogens is 129 g/mol. The highest BCUT2D eigenvalue weighted by Crippen LogP contribution is 2.43. The molecular formula is C8H14FN. The van der Waals surface area contributed by atoms with E-state index >= 15 is 0 Å². The van der Waals surface area contributed by atoms with Gasteiger partial charge in [-0.1, -0.05) is 0 Å². The molecule has 0 unspecified atom stereocenters. The maximum absolute atomic E-state index is 13.2. The lowest BCUT2D eigenvalue weighted by atomic mass is 9.84. The van der Waals surface area contributed by atoms with Gasteiger partial charge in [-0.05, 0) is 37.5 Å². The Hall–Kier alpha value is -0.110. The van der Waals surface area contributed by atoms with E-state index in [2.05, 4.69) is 0 Å². The van der Waals surface area contributed by atoms with Crippen molar-refractivity contribution in [2.75, 3.05) is 0 Å².